The fourth-order valence-corrected chi connectivity index (χ4v) is 3.73. The molecule has 4 rings (SSSR count). The van der Waals surface area contributed by atoms with Gasteiger partial charge in [-0.3, -0.25) is 4.68 Å². The average molecular weight is 391 g/mol. The maximum atomic E-state index is 6.27. The number of benzene rings is 1. The van der Waals surface area contributed by atoms with E-state index in [1.165, 1.54) is 0 Å². The Hall–Kier alpha value is -3.24. The number of fused-ring (bicyclic) bond motifs is 1. The molecule has 0 spiro atoms. The second-order valence-corrected chi connectivity index (χ2v) is 7.04. The smallest absolute Gasteiger partial charge is 0.147 e. The summed E-state index contributed by atoms with van der Waals surface area (Å²) in [7, 11) is 3.24. The first-order valence-electron chi connectivity index (χ1n) is 9.76. The van der Waals surface area contributed by atoms with E-state index < -0.39 is 0 Å². The highest BCUT2D eigenvalue weighted by Crippen LogP contribution is 2.30. The van der Waals surface area contributed by atoms with Gasteiger partial charge < -0.3 is 20.5 Å². The molecule has 150 valence electrons. The van der Waals surface area contributed by atoms with E-state index in [2.05, 4.69) is 33.7 Å². The summed E-state index contributed by atoms with van der Waals surface area (Å²) in [6.07, 6.45) is 3.74. The Labute approximate surface area is 170 Å². The third kappa shape index (κ3) is 3.59. The lowest BCUT2D eigenvalue weighted by atomic mass is 10.1. The van der Waals surface area contributed by atoms with E-state index in [0.717, 1.165) is 48.0 Å². The van der Waals surface area contributed by atoms with Gasteiger partial charge in [0.2, 0.25) is 0 Å². The van der Waals surface area contributed by atoms with Gasteiger partial charge in [0, 0.05) is 24.4 Å². The van der Waals surface area contributed by atoms with Crippen LogP contribution in [0.25, 0.3) is 10.9 Å². The lowest BCUT2D eigenvalue weighted by Crippen LogP contribution is -2.15. The van der Waals surface area contributed by atoms with Crippen molar-refractivity contribution in [2.45, 2.75) is 25.8 Å². The van der Waals surface area contributed by atoms with Crippen LogP contribution >= 0.6 is 0 Å². The van der Waals surface area contributed by atoms with Crippen molar-refractivity contribution in [3.8, 4) is 23.3 Å². The van der Waals surface area contributed by atoms with E-state index in [1.807, 2.05) is 24.4 Å². The van der Waals surface area contributed by atoms with Crippen LogP contribution in [0.3, 0.4) is 0 Å². The molecule has 0 amide bonds. The first kappa shape index (κ1) is 19.1. The fraction of sp³-hybridized carbons (Fsp3) is 0.364. The minimum absolute atomic E-state index is 0.289. The molecule has 3 heterocycles. The van der Waals surface area contributed by atoms with E-state index in [4.69, 9.17) is 20.3 Å². The van der Waals surface area contributed by atoms with E-state index >= 15 is 0 Å². The summed E-state index contributed by atoms with van der Waals surface area (Å²) in [5, 5.41) is 9.10. The molecule has 1 saturated heterocycles. The summed E-state index contributed by atoms with van der Waals surface area (Å²) >= 11 is 0. The maximum Gasteiger partial charge on any atom is 0.147 e. The van der Waals surface area contributed by atoms with Crippen LogP contribution in [0.5, 0.6) is 11.5 Å². The molecule has 29 heavy (non-hydrogen) atoms. The zero-order valence-electron chi connectivity index (χ0n) is 17.0. The molecule has 0 unspecified atom stereocenters. The van der Waals surface area contributed by atoms with Gasteiger partial charge in [0.25, 0.3) is 0 Å². The van der Waals surface area contributed by atoms with Crippen LogP contribution in [-0.2, 0) is 6.42 Å². The van der Waals surface area contributed by atoms with Crippen molar-refractivity contribution in [2.24, 2.45) is 0 Å². The summed E-state index contributed by atoms with van der Waals surface area (Å²) in [5.74, 6) is 8.24. The first-order chi connectivity index (χ1) is 14.1. The van der Waals surface area contributed by atoms with Crippen molar-refractivity contribution in [1.29, 1.82) is 0 Å². The van der Waals surface area contributed by atoms with Gasteiger partial charge in [0.15, 0.2) is 0 Å². The fourth-order valence-electron chi connectivity index (χ4n) is 3.73. The van der Waals surface area contributed by atoms with Crippen LogP contribution < -0.4 is 20.5 Å². The number of anilines is 1. The van der Waals surface area contributed by atoms with Crippen molar-refractivity contribution >= 4 is 16.7 Å². The number of pyridine rings is 1. The van der Waals surface area contributed by atoms with Crippen molar-refractivity contribution in [2.75, 3.05) is 33.0 Å². The molecule has 1 aromatic carbocycles. The van der Waals surface area contributed by atoms with Crippen LogP contribution in [0.2, 0.25) is 0 Å². The number of aromatic nitrogens is 3. The molecule has 0 saturated carbocycles. The summed E-state index contributed by atoms with van der Waals surface area (Å²) in [6, 6.07) is 5.85. The normalized spacial score (nSPS) is 15.9. The van der Waals surface area contributed by atoms with Gasteiger partial charge in [-0.15, -0.1) is 0 Å². The molecule has 1 fully saturated rings. The highest BCUT2D eigenvalue weighted by atomic mass is 16.5. The van der Waals surface area contributed by atoms with Crippen molar-refractivity contribution < 1.29 is 9.47 Å². The first-order valence-corrected chi connectivity index (χ1v) is 9.76. The Morgan fingerprint density at radius 1 is 1.21 bits per heavy atom. The molecule has 7 nitrogen and oxygen atoms in total. The monoisotopic (exact) mass is 391 g/mol. The van der Waals surface area contributed by atoms with Crippen molar-refractivity contribution in [1.82, 2.24) is 20.1 Å². The van der Waals surface area contributed by atoms with E-state index in [-0.39, 0.29) is 6.04 Å². The Kier molecular flexibility index (Phi) is 5.28. The number of methoxy groups -OCH3 is 2. The molecule has 0 bridgehead atoms. The summed E-state index contributed by atoms with van der Waals surface area (Å²) in [6.45, 7) is 3.99. The second-order valence-electron chi connectivity index (χ2n) is 7.04. The number of nitrogen functional groups attached to an aromatic ring is 1. The number of nitrogens with two attached hydrogens (primary N) is 1. The molecule has 0 radical (unpaired) electrons. The van der Waals surface area contributed by atoms with Gasteiger partial charge in [-0.25, -0.2) is 4.98 Å². The van der Waals surface area contributed by atoms with E-state index in [0.29, 0.717) is 23.0 Å². The number of nitrogens with zero attached hydrogens (tertiary/aromatic N) is 3. The predicted octanol–water partition coefficient (Wildman–Crippen LogP) is 2.53. The molecule has 3 N–H and O–H groups in total. The topological polar surface area (TPSA) is 87.2 Å². The SMILES string of the molecule is CCc1cnc(N)c2c(C#Cc3cc(OC)cc(OC)c3)nn([C@H]3CCNC3)c12. The molecule has 1 aliphatic heterocycles. The lowest BCUT2D eigenvalue weighted by Gasteiger charge is -2.12. The largest absolute Gasteiger partial charge is 0.497 e. The maximum absolute atomic E-state index is 6.27. The van der Waals surface area contributed by atoms with Crippen LogP contribution in [0, 0.1) is 11.8 Å². The molecule has 7 heteroatoms. The van der Waals surface area contributed by atoms with Gasteiger partial charge in [-0.2, -0.15) is 5.10 Å². The van der Waals surface area contributed by atoms with Gasteiger partial charge in [0.05, 0.1) is 31.2 Å². The van der Waals surface area contributed by atoms with Crippen LogP contribution in [0.15, 0.2) is 24.4 Å². The summed E-state index contributed by atoms with van der Waals surface area (Å²) in [4.78, 5) is 4.39. The highest BCUT2D eigenvalue weighted by Gasteiger charge is 2.24. The summed E-state index contributed by atoms with van der Waals surface area (Å²) in [5.41, 5.74) is 9.87. The number of hydrogen-bond acceptors (Lipinski definition) is 6. The van der Waals surface area contributed by atoms with Crippen LogP contribution in [0.4, 0.5) is 5.82 Å². The second kappa shape index (κ2) is 8.02. The molecule has 2 aromatic heterocycles. The lowest BCUT2D eigenvalue weighted by molar-refractivity contribution is 0.394. The third-order valence-corrected chi connectivity index (χ3v) is 5.27. The van der Waals surface area contributed by atoms with Crippen LogP contribution in [0.1, 0.15) is 36.2 Å². The number of nitrogens with one attached hydrogen (secondary N) is 1. The Morgan fingerprint density at radius 3 is 2.59 bits per heavy atom. The van der Waals surface area contributed by atoms with Crippen molar-refractivity contribution in [3.05, 3.63) is 41.2 Å². The zero-order valence-corrected chi connectivity index (χ0v) is 17.0. The number of aryl methyl sites for hydroxylation is 1. The minimum atomic E-state index is 0.289. The van der Waals surface area contributed by atoms with E-state index in [9.17, 15) is 0 Å². The molecular formula is C22H25N5O2. The third-order valence-electron chi connectivity index (χ3n) is 5.27. The Balaban J connectivity index is 1.86. The molecule has 0 aliphatic carbocycles. The average Bonchev–Trinajstić information content (AvgIpc) is 3.40. The van der Waals surface area contributed by atoms with Gasteiger partial charge in [0.1, 0.15) is 23.0 Å². The van der Waals surface area contributed by atoms with Gasteiger partial charge in [-0.05, 0) is 43.0 Å². The molecular weight excluding hydrogens is 366 g/mol. The molecule has 1 atom stereocenters. The zero-order chi connectivity index (χ0) is 20.4. The standard InChI is InChI=1S/C22H25N5O2/c1-4-15-12-25-22(23)20-19(26-27(21(15)20)16-7-8-24-13-16)6-5-14-9-17(28-2)11-18(10-14)29-3/h9-12,16,24H,4,7-8,13H2,1-3H3,(H2,23,25)/t16-/m0/s1. The Morgan fingerprint density at radius 2 is 1.97 bits per heavy atom. The van der Waals surface area contributed by atoms with Crippen LogP contribution in [-0.4, -0.2) is 42.1 Å². The van der Waals surface area contributed by atoms with Crippen molar-refractivity contribution in [3.63, 3.8) is 0 Å². The number of hydrogen-bond donors (Lipinski definition) is 2. The summed E-state index contributed by atoms with van der Waals surface area (Å²) < 4.78 is 12.8. The van der Waals surface area contributed by atoms with Gasteiger partial charge in [-0.1, -0.05) is 12.8 Å². The molecule has 1 aliphatic rings. The highest BCUT2D eigenvalue weighted by molar-refractivity contribution is 5.95. The minimum Gasteiger partial charge on any atom is -0.497 e. The number of ether oxygens (including phenoxy) is 2. The molecule has 3 aromatic rings. The predicted molar refractivity (Wildman–Crippen MR) is 113 cm³/mol. The van der Waals surface area contributed by atoms with E-state index in [1.54, 1.807) is 14.2 Å². The Bertz CT molecular complexity index is 1080. The number of rotatable bonds is 4. The van der Waals surface area contributed by atoms with Gasteiger partial charge >= 0.3 is 0 Å². The quantitative estimate of drug-likeness (QED) is 0.665.